The van der Waals surface area contributed by atoms with Crippen LogP contribution in [0.1, 0.15) is 20.3 Å². The molecule has 0 amide bonds. The highest BCUT2D eigenvalue weighted by molar-refractivity contribution is 5.49. The fraction of sp³-hybridized carbons (Fsp3) is 0.455. The number of rotatable bonds is 4. The predicted octanol–water partition coefficient (Wildman–Crippen LogP) is 2.77. The van der Waals surface area contributed by atoms with Crippen LogP contribution in [0.3, 0.4) is 0 Å². The quantitative estimate of drug-likeness (QED) is 0.618. The van der Waals surface area contributed by atoms with Gasteiger partial charge in [-0.15, -0.1) is 0 Å². The lowest BCUT2D eigenvalue weighted by Crippen LogP contribution is -2.34. The Kier molecular flexibility index (Phi) is 4.48. The van der Waals surface area contributed by atoms with Crippen molar-refractivity contribution in [1.29, 1.82) is 5.26 Å². The molecular weight excluding hydrogens is 250 g/mol. The van der Waals surface area contributed by atoms with Gasteiger partial charge >= 0.3 is 0 Å². The largest absolute Gasteiger partial charge is 0.363 e. The summed E-state index contributed by atoms with van der Waals surface area (Å²) in [6.07, 6.45) is -0.0252. The van der Waals surface area contributed by atoms with Gasteiger partial charge in [-0.25, -0.2) is 0 Å². The number of hydrogen-bond donors (Lipinski definition) is 0. The van der Waals surface area contributed by atoms with E-state index in [2.05, 4.69) is 4.98 Å². The Bertz CT molecular complexity index is 456. The molecule has 0 aliphatic heterocycles. The van der Waals surface area contributed by atoms with E-state index in [1.807, 2.05) is 0 Å². The molecular formula is C11H11F4N3. The molecule has 1 heterocycles. The average Bonchev–Trinajstić information content (AvgIpc) is 2.30. The van der Waals surface area contributed by atoms with Crippen LogP contribution in [0.25, 0.3) is 0 Å². The Labute approximate surface area is 102 Å². The summed E-state index contributed by atoms with van der Waals surface area (Å²) in [6, 6.07) is 1.37. The summed E-state index contributed by atoms with van der Waals surface area (Å²) >= 11 is 0. The smallest absolute Gasteiger partial charge is 0.253 e. The minimum Gasteiger partial charge on any atom is -0.363 e. The lowest BCUT2D eigenvalue weighted by molar-refractivity contribution is 0.403. The molecule has 0 spiro atoms. The zero-order chi connectivity index (χ0) is 13.9. The lowest BCUT2D eigenvalue weighted by Gasteiger charge is -2.28. The molecule has 0 fully saturated rings. The maximum absolute atomic E-state index is 13.5. The standard InChI is InChI=1S/C11H11F4N3/c1-6(2)18(5-3-4-16)9-7(12)10(14)17-11(15)8(9)13/h6H,3,5H2,1-2H3. The molecule has 3 nitrogen and oxygen atoms in total. The number of halogens is 4. The van der Waals surface area contributed by atoms with Crippen molar-refractivity contribution >= 4 is 5.69 Å². The molecule has 0 radical (unpaired) electrons. The van der Waals surface area contributed by atoms with E-state index in [1.54, 1.807) is 19.9 Å². The molecule has 0 unspecified atom stereocenters. The van der Waals surface area contributed by atoms with Crippen molar-refractivity contribution in [2.24, 2.45) is 0 Å². The first kappa shape index (κ1) is 14.2. The molecule has 18 heavy (non-hydrogen) atoms. The highest BCUT2D eigenvalue weighted by atomic mass is 19.2. The SMILES string of the molecule is CC(C)N(CCC#N)c1c(F)c(F)nc(F)c1F. The Balaban J connectivity index is 3.31. The minimum absolute atomic E-state index is 0.0252. The first-order chi connectivity index (χ1) is 8.40. The lowest BCUT2D eigenvalue weighted by atomic mass is 10.2. The molecule has 0 N–H and O–H groups in total. The van der Waals surface area contributed by atoms with Gasteiger partial charge in [0.25, 0.3) is 11.9 Å². The highest BCUT2D eigenvalue weighted by Gasteiger charge is 2.26. The Morgan fingerprint density at radius 3 is 2.06 bits per heavy atom. The van der Waals surface area contributed by atoms with Gasteiger partial charge in [0.2, 0.25) is 11.6 Å². The number of hydrogen-bond acceptors (Lipinski definition) is 3. The molecule has 0 aliphatic rings. The summed E-state index contributed by atoms with van der Waals surface area (Å²) in [5, 5.41) is 8.47. The maximum atomic E-state index is 13.5. The topological polar surface area (TPSA) is 39.9 Å². The molecule has 0 aromatic carbocycles. The number of nitriles is 1. The Morgan fingerprint density at radius 1 is 1.17 bits per heavy atom. The van der Waals surface area contributed by atoms with E-state index in [4.69, 9.17) is 5.26 Å². The van der Waals surface area contributed by atoms with E-state index in [9.17, 15) is 17.6 Å². The van der Waals surface area contributed by atoms with Crippen molar-refractivity contribution in [2.45, 2.75) is 26.3 Å². The van der Waals surface area contributed by atoms with Gasteiger partial charge in [-0.2, -0.15) is 27.8 Å². The van der Waals surface area contributed by atoms with E-state index in [-0.39, 0.29) is 13.0 Å². The van der Waals surface area contributed by atoms with Gasteiger partial charge in [0.05, 0.1) is 12.5 Å². The average molecular weight is 261 g/mol. The van der Waals surface area contributed by atoms with Gasteiger partial charge in [0.15, 0.2) is 0 Å². The fourth-order valence-corrected chi connectivity index (χ4v) is 1.53. The van der Waals surface area contributed by atoms with E-state index in [0.717, 1.165) is 4.90 Å². The van der Waals surface area contributed by atoms with Crippen molar-refractivity contribution in [3.63, 3.8) is 0 Å². The molecule has 0 aliphatic carbocycles. The van der Waals surface area contributed by atoms with Crippen molar-refractivity contribution in [2.75, 3.05) is 11.4 Å². The Hall–Kier alpha value is -1.84. The van der Waals surface area contributed by atoms with Gasteiger partial charge in [0, 0.05) is 12.6 Å². The maximum Gasteiger partial charge on any atom is 0.253 e. The second-order valence-corrected chi connectivity index (χ2v) is 3.87. The monoisotopic (exact) mass is 261 g/mol. The Morgan fingerprint density at radius 2 is 1.67 bits per heavy atom. The molecule has 0 bridgehead atoms. The van der Waals surface area contributed by atoms with Crippen molar-refractivity contribution in [3.8, 4) is 6.07 Å². The van der Waals surface area contributed by atoms with Crippen LogP contribution < -0.4 is 4.90 Å². The summed E-state index contributed by atoms with van der Waals surface area (Å²) in [4.78, 5) is 3.57. The minimum atomic E-state index is -1.70. The van der Waals surface area contributed by atoms with Crippen LogP contribution in [0.5, 0.6) is 0 Å². The highest BCUT2D eigenvalue weighted by Crippen LogP contribution is 2.27. The predicted molar refractivity (Wildman–Crippen MR) is 56.8 cm³/mol. The number of pyridine rings is 1. The molecule has 0 atom stereocenters. The normalized spacial score (nSPS) is 10.6. The van der Waals surface area contributed by atoms with Gasteiger partial charge in [-0.1, -0.05) is 0 Å². The van der Waals surface area contributed by atoms with Crippen LogP contribution in [-0.4, -0.2) is 17.6 Å². The first-order valence-electron chi connectivity index (χ1n) is 5.23. The third-order valence-corrected chi connectivity index (χ3v) is 2.35. The van der Waals surface area contributed by atoms with E-state index >= 15 is 0 Å². The van der Waals surface area contributed by atoms with Crippen LogP contribution in [0, 0.1) is 34.9 Å². The van der Waals surface area contributed by atoms with Gasteiger partial charge in [-0.3, -0.25) is 0 Å². The van der Waals surface area contributed by atoms with Gasteiger partial charge in [-0.05, 0) is 13.8 Å². The zero-order valence-corrected chi connectivity index (χ0v) is 9.85. The zero-order valence-electron chi connectivity index (χ0n) is 9.85. The number of nitrogens with zero attached hydrogens (tertiary/aromatic N) is 3. The van der Waals surface area contributed by atoms with Crippen LogP contribution >= 0.6 is 0 Å². The molecule has 7 heteroatoms. The molecule has 1 aromatic rings. The number of aromatic nitrogens is 1. The van der Waals surface area contributed by atoms with E-state index in [0.29, 0.717) is 0 Å². The summed E-state index contributed by atoms with van der Waals surface area (Å²) < 4.78 is 53.0. The summed E-state index contributed by atoms with van der Waals surface area (Å²) in [7, 11) is 0. The fourth-order valence-electron chi connectivity index (χ4n) is 1.53. The van der Waals surface area contributed by atoms with Crippen LogP contribution in [0.4, 0.5) is 23.2 Å². The van der Waals surface area contributed by atoms with Gasteiger partial charge in [0.1, 0.15) is 5.69 Å². The van der Waals surface area contributed by atoms with Crippen molar-refractivity contribution in [3.05, 3.63) is 23.5 Å². The molecule has 98 valence electrons. The number of anilines is 1. The van der Waals surface area contributed by atoms with Crippen molar-refractivity contribution < 1.29 is 17.6 Å². The van der Waals surface area contributed by atoms with Crippen LogP contribution in [0.2, 0.25) is 0 Å². The second kappa shape index (κ2) is 5.67. The molecule has 0 saturated carbocycles. The van der Waals surface area contributed by atoms with E-state index < -0.39 is 35.3 Å². The summed E-state index contributed by atoms with van der Waals surface area (Å²) in [6.45, 7) is 3.14. The first-order valence-corrected chi connectivity index (χ1v) is 5.23. The third-order valence-electron chi connectivity index (χ3n) is 2.35. The van der Waals surface area contributed by atoms with Crippen molar-refractivity contribution in [1.82, 2.24) is 4.98 Å². The van der Waals surface area contributed by atoms with Crippen LogP contribution in [0.15, 0.2) is 0 Å². The third kappa shape index (κ3) is 2.70. The summed E-state index contributed by atoms with van der Waals surface area (Å²) in [5.41, 5.74) is -0.828. The molecule has 0 saturated heterocycles. The second-order valence-electron chi connectivity index (χ2n) is 3.87. The summed E-state index contributed by atoms with van der Waals surface area (Å²) in [5.74, 6) is -6.51. The molecule has 1 aromatic heterocycles. The van der Waals surface area contributed by atoms with Gasteiger partial charge < -0.3 is 4.90 Å². The molecule has 1 rings (SSSR count). The van der Waals surface area contributed by atoms with E-state index in [1.165, 1.54) is 0 Å². The van der Waals surface area contributed by atoms with Crippen LogP contribution in [-0.2, 0) is 0 Å².